The lowest BCUT2D eigenvalue weighted by molar-refractivity contribution is -0.486. The van der Waals surface area contributed by atoms with E-state index >= 15 is 0 Å². The van der Waals surface area contributed by atoms with E-state index in [-0.39, 0.29) is 0 Å². The van der Waals surface area contributed by atoms with Crippen LogP contribution < -0.4 is 5.32 Å². The van der Waals surface area contributed by atoms with Crippen molar-refractivity contribution in [1.82, 2.24) is 5.32 Å². The molecule has 0 radical (unpaired) electrons. The highest BCUT2D eigenvalue weighted by molar-refractivity contribution is 5.14. The van der Waals surface area contributed by atoms with Crippen LogP contribution >= 0.6 is 0 Å². The Bertz CT molecular complexity index is 59.1. The molecule has 0 amide bonds. The van der Waals surface area contributed by atoms with E-state index in [9.17, 15) is 0 Å². The highest BCUT2D eigenvalue weighted by Gasteiger charge is 1.84. The lowest BCUT2D eigenvalue weighted by Gasteiger charge is -1.91. The molecule has 0 aromatic rings. The molecule has 0 aliphatic carbocycles. The molecule has 0 atom stereocenters. The van der Waals surface area contributed by atoms with E-state index in [0.717, 1.165) is 13.1 Å². The molecule has 2 nitrogen and oxygen atoms in total. The molecule has 0 aliphatic rings. The van der Waals surface area contributed by atoms with E-state index in [0.29, 0.717) is 0 Å². The molecule has 2 heteroatoms. The molecular formula is C5H13N2+. The third kappa shape index (κ3) is 5.63. The van der Waals surface area contributed by atoms with Gasteiger partial charge < -0.3 is 5.32 Å². The van der Waals surface area contributed by atoms with Gasteiger partial charge in [0, 0.05) is 0 Å². The average Bonchev–Trinajstić information content (AvgIpc) is 1.61. The Morgan fingerprint density at radius 2 is 2.29 bits per heavy atom. The Hall–Kier alpha value is -0.370. The fraction of sp³-hybridized carbons (Fsp3) is 0.800. The zero-order chi connectivity index (χ0) is 5.70. The number of nitrogens with zero attached hydrogens (tertiary/aromatic N) is 1. The van der Waals surface area contributed by atoms with Crippen LogP contribution in [0.3, 0.4) is 0 Å². The standard InChI is InChI=1S/C5H13N2/c1-6-4-5-7(2)3/h6H,2,4-5H2,1,3H3/q+1. The molecule has 0 saturated carbocycles. The van der Waals surface area contributed by atoms with Crippen molar-refractivity contribution in [2.75, 3.05) is 27.2 Å². The second-order valence-electron chi connectivity index (χ2n) is 1.68. The van der Waals surface area contributed by atoms with Crippen molar-refractivity contribution in [3.05, 3.63) is 0 Å². The molecule has 0 unspecified atom stereocenters. The Morgan fingerprint density at radius 1 is 1.71 bits per heavy atom. The smallest absolute Gasteiger partial charge is 0.154 e. The molecule has 0 fully saturated rings. The Kier molecular flexibility index (Phi) is 3.61. The lowest BCUT2D eigenvalue weighted by Crippen LogP contribution is -2.18. The number of hydrogen-bond donors (Lipinski definition) is 1. The maximum absolute atomic E-state index is 3.67. The predicted octanol–water partition coefficient (Wildman–Crippen LogP) is -0.451. The number of likely N-dealkylation sites (N-methyl/N-ethyl adjacent to an activating group) is 2. The van der Waals surface area contributed by atoms with Crippen LogP contribution in [0, 0.1) is 0 Å². The van der Waals surface area contributed by atoms with E-state index < -0.39 is 0 Å². The van der Waals surface area contributed by atoms with Gasteiger partial charge in [-0.1, -0.05) is 0 Å². The van der Waals surface area contributed by atoms with Crippen molar-refractivity contribution in [1.29, 1.82) is 0 Å². The van der Waals surface area contributed by atoms with Crippen molar-refractivity contribution < 1.29 is 4.58 Å². The van der Waals surface area contributed by atoms with Crippen LogP contribution in [0.1, 0.15) is 0 Å². The van der Waals surface area contributed by atoms with Gasteiger partial charge in [-0.05, 0) is 7.05 Å². The zero-order valence-electron chi connectivity index (χ0n) is 5.07. The molecule has 1 N–H and O–H groups in total. The Balaban J connectivity index is 2.82. The summed E-state index contributed by atoms with van der Waals surface area (Å²) >= 11 is 0. The van der Waals surface area contributed by atoms with Gasteiger partial charge in [-0.15, -0.1) is 0 Å². The van der Waals surface area contributed by atoms with Crippen molar-refractivity contribution in [2.24, 2.45) is 0 Å². The van der Waals surface area contributed by atoms with Crippen LogP contribution in [0.2, 0.25) is 0 Å². The summed E-state index contributed by atoms with van der Waals surface area (Å²) in [6.07, 6.45) is 0. The molecular weight excluding hydrogens is 88.1 g/mol. The predicted molar refractivity (Wildman–Crippen MR) is 32.1 cm³/mol. The quantitative estimate of drug-likeness (QED) is 0.376. The topological polar surface area (TPSA) is 15.0 Å². The third-order valence-electron chi connectivity index (χ3n) is 0.744. The molecule has 0 aliphatic heterocycles. The molecule has 0 aromatic heterocycles. The summed E-state index contributed by atoms with van der Waals surface area (Å²) in [4.78, 5) is 0. The van der Waals surface area contributed by atoms with Gasteiger partial charge in [0.25, 0.3) is 0 Å². The van der Waals surface area contributed by atoms with Crippen LogP contribution in [0.5, 0.6) is 0 Å². The van der Waals surface area contributed by atoms with Gasteiger partial charge in [0.1, 0.15) is 13.8 Å². The minimum absolute atomic E-state index is 1.01. The Morgan fingerprint density at radius 3 is 2.43 bits per heavy atom. The summed E-state index contributed by atoms with van der Waals surface area (Å²) in [6, 6.07) is 0. The first kappa shape index (κ1) is 6.63. The molecule has 0 saturated heterocycles. The SMILES string of the molecule is C=[N+](C)CCNC. The highest BCUT2D eigenvalue weighted by atomic mass is 15.0. The number of hydrogen-bond acceptors (Lipinski definition) is 1. The van der Waals surface area contributed by atoms with Crippen molar-refractivity contribution >= 4 is 6.72 Å². The normalized spacial score (nSPS) is 8.86. The monoisotopic (exact) mass is 101 g/mol. The minimum Gasteiger partial charge on any atom is -0.314 e. The Labute approximate surface area is 44.9 Å². The van der Waals surface area contributed by atoms with Crippen molar-refractivity contribution in [3.8, 4) is 0 Å². The van der Waals surface area contributed by atoms with Crippen LogP contribution in [0.25, 0.3) is 0 Å². The summed E-state index contributed by atoms with van der Waals surface area (Å²) in [5.74, 6) is 0. The molecule has 0 heterocycles. The molecule has 0 spiro atoms. The maximum atomic E-state index is 3.67. The van der Waals surface area contributed by atoms with Crippen LogP contribution in [0.4, 0.5) is 0 Å². The fourth-order valence-electron chi connectivity index (χ4n) is 0.303. The first-order chi connectivity index (χ1) is 3.27. The van der Waals surface area contributed by atoms with Gasteiger partial charge in [0.2, 0.25) is 0 Å². The minimum atomic E-state index is 1.01. The third-order valence-corrected chi connectivity index (χ3v) is 0.744. The van der Waals surface area contributed by atoms with Gasteiger partial charge in [-0.2, -0.15) is 0 Å². The highest BCUT2D eigenvalue weighted by Crippen LogP contribution is 1.57. The summed E-state index contributed by atoms with van der Waals surface area (Å²) < 4.78 is 1.90. The first-order valence-electron chi connectivity index (χ1n) is 2.43. The fourth-order valence-corrected chi connectivity index (χ4v) is 0.303. The number of rotatable bonds is 3. The van der Waals surface area contributed by atoms with Crippen LogP contribution in [-0.2, 0) is 0 Å². The van der Waals surface area contributed by atoms with Crippen molar-refractivity contribution in [3.63, 3.8) is 0 Å². The summed E-state index contributed by atoms with van der Waals surface area (Å²) in [5.41, 5.74) is 0. The van der Waals surface area contributed by atoms with E-state index in [1.54, 1.807) is 0 Å². The van der Waals surface area contributed by atoms with E-state index in [1.807, 2.05) is 18.7 Å². The van der Waals surface area contributed by atoms with Gasteiger partial charge in [-0.25, -0.2) is 4.58 Å². The van der Waals surface area contributed by atoms with Gasteiger partial charge >= 0.3 is 0 Å². The van der Waals surface area contributed by atoms with Gasteiger partial charge in [0.15, 0.2) is 6.54 Å². The first-order valence-corrected chi connectivity index (χ1v) is 2.43. The molecule has 0 rings (SSSR count). The van der Waals surface area contributed by atoms with E-state index in [2.05, 4.69) is 12.0 Å². The second-order valence-corrected chi connectivity index (χ2v) is 1.68. The van der Waals surface area contributed by atoms with Crippen molar-refractivity contribution in [2.45, 2.75) is 0 Å². The average molecular weight is 101 g/mol. The lowest BCUT2D eigenvalue weighted by atomic mass is 10.6. The van der Waals surface area contributed by atoms with Crippen LogP contribution in [0.15, 0.2) is 0 Å². The van der Waals surface area contributed by atoms with E-state index in [1.165, 1.54) is 0 Å². The summed E-state index contributed by atoms with van der Waals surface area (Å²) in [6.45, 7) is 5.69. The van der Waals surface area contributed by atoms with Crippen LogP contribution in [-0.4, -0.2) is 38.5 Å². The summed E-state index contributed by atoms with van der Waals surface area (Å²) in [7, 11) is 3.89. The van der Waals surface area contributed by atoms with Gasteiger partial charge in [0.05, 0.1) is 6.54 Å². The van der Waals surface area contributed by atoms with E-state index in [4.69, 9.17) is 0 Å². The zero-order valence-corrected chi connectivity index (χ0v) is 5.07. The molecule has 0 bridgehead atoms. The second kappa shape index (κ2) is 3.81. The molecule has 7 heavy (non-hydrogen) atoms. The largest absolute Gasteiger partial charge is 0.314 e. The summed E-state index contributed by atoms with van der Waals surface area (Å²) in [5, 5.41) is 3.02. The van der Waals surface area contributed by atoms with Gasteiger partial charge in [-0.3, -0.25) is 0 Å². The molecule has 42 valence electrons. The molecule has 0 aromatic carbocycles. The number of nitrogens with one attached hydrogen (secondary N) is 1. The maximum Gasteiger partial charge on any atom is 0.154 e.